The van der Waals surface area contributed by atoms with Crippen molar-refractivity contribution in [3.63, 3.8) is 0 Å². The van der Waals surface area contributed by atoms with Gasteiger partial charge in [0.2, 0.25) is 5.91 Å². The van der Waals surface area contributed by atoms with Crippen molar-refractivity contribution >= 4 is 49.1 Å². The van der Waals surface area contributed by atoms with Crippen LogP contribution in [-0.4, -0.2) is 20.9 Å². The van der Waals surface area contributed by atoms with Crippen LogP contribution < -0.4 is 10.9 Å². The topological polar surface area (TPSA) is 76.9 Å². The molecule has 1 aliphatic carbocycles. The average Bonchev–Trinajstić information content (AvgIpc) is 3.01. The van der Waals surface area contributed by atoms with Crippen LogP contribution >= 0.6 is 27.3 Å². The van der Waals surface area contributed by atoms with Gasteiger partial charge in [0, 0.05) is 15.0 Å². The van der Waals surface area contributed by atoms with Gasteiger partial charge in [0.15, 0.2) is 4.83 Å². The van der Waals surface area contributed by atoms with E-state index in [1.54, 1.807) is 30.4 Å². The largest absolute Gasteiger partial charge is 0.324 e. The second-order valence-corrected chi connectivity index (χ2v) is 9.04. The maximum Gasteiger partial charge on any atom is 0.279 e. The van der Waals surface area contributed by atoms with Crippen LogP contribution in [-0.2, 0) is 17.6 Å². The van der Waals surface area contributed by atoms with Crippen molar-refractivity contribution in [2.24, 2.45) is 5.92 Å². The molecule has 4 rings (SSSR count). The van der Waals surface area contributed by atoms with Gasteiger partial charge in [0.25, 0.3) is 5.56 Å². The third-order valence-corrected chi connectivity index (χ3v) is 6.67. The number of fused-ring (bicyclic) bond motifs is 3. The molecule has 27 heavy (non-hydrogen) atoms. The van der Waals surface area contributed by atoms with E-state index >= 15 is 0 Å². The van der Waals surface area contributed by atoms with Crippen LogP contribution in [0.15, 0.2) is 33.5 Å². The number of hydrogen-bond acceptors (Lipinski definition) is 5. The summed E-state index contributed by atoms with van der Waals surface area (Å²) >= 11 is 4.92. The number of carbonyl (C=O) groups is 1. The average molecular weight is 447 g/mol. The minimum Gasteiger partial charge on any atom is -0.324 e. The Hall–Kier alpha value is -2.06. The standard InChI is InChI=1S/C19H19BrN4O2S/c1-10-3-8-14-15(9-10)27-18-16(14)19(26)24(23-22-18)11(2)17(25)21-13-6-4-12(20)5-7-13/h4-7,10-11H,3,8-9H2,1-2H3,(H,21,25). The zero-order valence-corrected chi connectivity index (χ0v) is 17.4. The first-order chi connectivity index (χ1) is 12.9. The normalized spacial score (nSPS) is 17.5. The van der Waals surface area contributed by atoms with Gasteiger partial charge in [-0.05, 0) is 61.9 Å². The first kappa shape index (κ1) is 18.3. The number of amides is 1. The van der Waals surface area contributed by atoms with Crippen LogP contribution in [0.1, 0.15) is 36.8 Å². The molecule has 2 heterocycles. The molecule has 0 fully saturated rings. The summed E-state index contributed by atoms with van der Waals surface area (Å²) < 4.78 is 2.12. The molecule has 1 N–H and O–H groups in total. The van der Waals surface area contributed by atoms with Gasteiger partial charge in [-0.2, -0.15) is 4.68 Å². The van der Waals surface area contributed by atoms with E-state index in [1.807, 2.05) is 12.1 Å². The molecule has 140 valence electrons. The lowest BCUT2D eigenvalue weighted by Crippen LogP contribution is -2.34. The number of aromatic nitrogens is 3. The van der Waals surface area contributed by atoms with Gasteiger partial charge in [-0.3, -0.25) is 9.59 Å². The third kappa shape index (κ3) is 3.43. The lowest BCUT2D eigenvalue weighted by atomic mass is 9.89. The Bertz CT molecular complexity index is 1070. The number of carbonyl (C=O) groups excluding carboxylic acids is 1. The Labute approximate surface area is 168 Å². The van der Waals surface area contributed by atoms with Gasteiger partial charge in [0.1, 0.15) is 6.04 Å². The molecule has 0 saturated heterocycles. The molecule has 3 aromatic rings. The van der Waals surface area contributed by atoms with E-state index in [0.717, 1.165) is 29.3 Å². The molecular weight excluding hydrogens is 428 g/mol. The third-order valence-electron chi connectivity index (χ3n) is 5.01. The number of aryl methyl sites for hydroxylation is 1. The molecule has 1 aromatic carbocycles. The van der Waals surface area contributed by atoms with Gasteiger partial charge in [-0.25, -0.2) is 0 Å². The van der Waals surface area contributed by atoms with Gasteiger partial charge in [0.05, 0.1) is 5.39 Å². The van der Waals surface area contributed by atoms with Crippen molar-refractivity contribution in [3.8, 4) is 0 Å². The number of anilines is 1. The van der Waals surface area contributed by atoms with Crippen LogP contribution in [0.2, 0.25) is 0 Å². The highest BCUT2D eigenvalue weighted by Crippen LogP contribution is 2.35. The number of hydrogen-bond donors (Lipinski definition) is 1. The maximum atomic E-state index is 13.1. The lowest BCUT2D eigenvalue weighted by Gasteiger charge is -2.17. The maximum absolute atomic E-state index is 13.1. The molecule has 0 bridgehead atoms. The molecular formula is C19H19BrN4O2S. The summed E-state index contributed by atoms with van der Waals surface area (Å²) in [6, 6.07) is 6.52. The van der Waals surface area contributed by atoms with E-state index in [4.69, 9.17) is 0 Å². The molecule has 2 aromatic heterocycles. The van der Waals surface area contributed by atoms with Crippen molar-refractivity contribution < 1.29 is 4.79 Å². The van der Waals surface area contributed by atoms with E-state index in [-0.39, 0.29) is 11.5 Å². The van der Waals surface area contributed by atoms with E-state index in [1.165, 1.54) is 9.56 Å². The van der Waals surface area contributed by atoms with Crippen molar-refractivity contribution in [1.82, 2.24) is 15.0 Å². The number of halogens is 1. The fraction of sp³-hybridized carbons (Fsp3) is 0.368. The summed E-state index contributed by atoms with van der Waals surface area (Å²) in [5, 5.41) is 11.7. The number of thiophene rings is 1. The van der Waals surface area contributed by atoms with Crippen molar-refractivity contribution in [2.75, 3.05) is 5.32 Å². The molecule has 1 amide bonds. The van der Waals surface area contributed by atoms with Crippen LogP contribution in [0, 0.1) is 5.92 Å². The van der Waals surface area contributed by atoms with Crippen molar-refractivity contribution in [3.05, 3.63) is 49.5 Å². The molecule has 6 nitrogen and oxygen atoms in total. The fourth-order valence-corrected chi connectivity index (χ4v) is 5.00. The lowest BCUT2D eigenvalue weighted by molar-refractivity contribution is -0.119. The highest BCUT2D eigenvalue weighted by atomic mass is 79.9. The summed E-state index contributed by atoms with van der Waals surface area (Å²) in [4.78, 5) is 27.6. The highest BCUT2D eigenvalue weighted by Gasteiger charge is 2.26. The van der Waals surface area contributed by atoms with Gasteiger partial charge >= 0.3 is 0 Å². The quantitative estimate of drug-likeness (QED) is 0.660. The zero-order valence-electron chi connectivity index (χ0n) is 15.0. The Morgan fingerprint density at radius 3 is 2.85 bits per heavy atom. The van der Waals surface area contributed by atoms with Crippen molar-refractivity contribution in [1.29, 1.82) is 0 Å². The minimum atomic E-state index is -0.754. The van der Waals surface area contributed by atoms with Crippen LogP contribution in [0.4, 0.5) is 5.69 Å². The number of nitrogens with zero attached hydrogens (tertiary/aromatic N) is 3. The Morgan fingerprint density at radius 2 is 2.11 bits per heavy atom. The Balaban J connectivity index is 1.66. The predicted octanol–water partition coefficient (Wildman–Crippen LogP) is 3.94. The highest BCUT2D eigenvalue weighted by molar-refractivity contribution is 9.10. The molecule has 2 unspecified atom stereocenters. The number of benzene rings is 1. The Kier molecular flexibility index (Phi) is 4.86. The molecule has 2 atom stereocenters. The molecule has 8 heteroatoms. The second kappa shape index (κ2) is 7.16. The van der Waals surface area contributed by atoms with E-state index in [0.29, 0.717) is 21.8 Å². The van der Waals surface area contributed by atoms with Crippen LogP contribution in [0.5, 0.6) is 0 Å². The van der Waals surface area contributed by atoms with Crippen LogP contribution in [0.25, 0.3) is 10.2 Å². The fourth-order valence-electron chi connectivity index (χ4n) is 3.42. The molecule has 0 saturated carbocycles. The molecule has 0 spiro atoms. The zero-order chi connectivity index (χ0) is 19.1. The first-order valence-electron chi connectivity index (χ1n) is 8.90. The summed E-state index contributed by atoms with van der Waals surface area (Å²) in [6.45, 7) is 3.89. The van der Waals surface area contributed by atoms with Gasteiger partial charge in [-0.15, -0.1) is 16.4 Å². The van der Waals surface area contributed by atoms with Crippen molar-refractivity contribution in [2.45, 2.75) is 39.2 Å². The summed E-state index contributed by atoms with van der Waals surface area (Å²) in [7, 11) is 0. The minimum absolute atomic E-state index is 0.231. The SMILES string of the molecule is CC1CCc2c(sc3nnn(C(C)C(=O)Nc4ccc(Br)cc4)c(=O)c23)C1. The molecule has 1 aliphatic rings. The molecule has 0 radical (unpaired) electrons. The van der Waals surface area contributed by atoms with Gasteiger partial charge < -0.3 is 5.32 Å². The number of nitrogens with one attached hydrogen (secondary N) is 1. The second-order valence-electron chi connectivity index (χ2n) is 7.04. The summed E-state index contributed by atoms with van der Waals surface area (Å²) in [6.07, 6.45) is 2.94. The molecule has 0 aliphatic heterocycles. The monoisotopic (exact) mass is 446 g/mol. The predicted molar refractivity (Wildman–Crippen MR) is 110 cm³/mol. The van der Waals surface area contributed by atoms with Crippen LogP contribution in [0.3, 0.4) is 0 Å². The van der Waals surface area contributed by atoms with E-state index < -0.39 is 6.04 Å². The number of rotatable bonds is 3. The first-order valence-corrected chi connectivity index (χ1v) is 10.5. The van der Waals surface area contributed by atoms with E-state index in [2.05, 4.69) is 38.5 Å². The van der Waals surface area contributed by atoms with E-state index in [9.17, 15) is 9.59 Å². The smallest absolute Gasteiger partial charge is 0.279 e. The summed E-state index contributed by atoms with van der Waals surface area (Å²) in [5.41, 5.74) is 1.53. The van der Waals surface area contributed by atoms with Gasteiger partial charge in [-0.1, -0.05) is 28.1 Å². The Morgan fingerprint density at radius 1 is 1.37 bits per heavy atom. The summed E-state index contributed by atoms with van der Waals surface area (Å²) in [5.74, 6) is 0.321.